The minimum atomic E-state index is -0.0319. The summed E-state index contributed by atoms with van der Waals surface area (Å²) in [6.07, 6.45) is 1.94. The van der Waals surface area contributed by atoms with Crippen LogP contribution >= 0.6 is 0 Å². The van der Waals surface area contributed by atoms with Crippen molar-refractivity contribution in [1.29, 1.82) is 0 Å². The maximum atomic E-state index is 12.3. The van der Waals surface area contributed by atoms with Crippen LogP contribution in [0.1, 0.15) is 41.3 Å². The summed E-state index contributed by atoms with van der Waals surface area (Å²) >= 11 is 0. The molecular weight excluding hydrogens is 264 g/mol. The van der Waals surface area contributed by atoms with Crippen molar-refractivity contribution >= 4 is 5.91 Å². The van der Waals surface area contributed by atoms with E-state index in [0.717, 1.165) is 24.0 Å². The van der Waals surface area contributed by atoms with E-state index in [9.17, 15) is 4.79 Å². The van der Waals surface area contributed by atoms with E-state index in [4.69, 9.17) is 10.5 Å². The lowest BCUT2D eigenvalue weighted by molar-refractivity contribution is 0.0136. The van der Waals surface area contributed by atoms with E-state index in [1.807, 2.05) is 32.0 Å². The third kappa shape index (κ3) is 4.32. The molecule has 0 spiro atoms. The molecule has 1 saturated heterocycles. The lowest BCUT2D eigenvalue weighted by Gasteiger charge is -2.28. The smallest absolute Gasteiger partial charge is 0.251 e. The van der Waals surface area contributed by atoms with Gasteiger partial charge in [0.25, 0.3) is 5.91 Å². The average molecular weight is 286 g/mol. The monoisotopic (exact) mass is 286 g/mol. The van der Waals surface area contributed by atoms with Gasteiger partial charge in [-0.25, -0.2) is 0 Å². The minimum Gasteiger partial charge on any atom is -0.378 e. The Kier molecular flexibility index (Phi) is 5.38. The Morgan fingerprint density at radius 1 is 1.52 bits per heavy atom. The summed E-state index contributed by atoms with van der Waals surface area (Å²) in [6.45, 7) is 5.03. The highest BCUT2D eigenvalue weighted by molar-refractivity contribution is 5.94. The van der Waals surface area contributed by atoms with Gasteiger partial charge in [0, 0.05) is 23.8 Å². The topological polar surface area (TPSA) is 64.3 Å². The predicted octanol–water partition coefficient (Wildman–Crippen LogP) is 1.60. The van der Waals surface area contributed by atoms with Gasteiger partial charge in [-0.1, -0.05) is 11.8 Å². The van der Waals surface area contributed by atoms with Crippen LogP contribution in [0.4, 0.5) is 0 Å². The van der Waals surface area contributed by atoms with Crippen molar-refractivity contribution in [3.8, 4) is 11.8 Å². The molecule has 1 aliphatic rings. The van der Waals surface area contributed by atoms with Crippen LogP contribution in [0.3, 0.4) is 0 Å². The molecule has 3 N–H and O–H groups in total. The summed E-state index contributed by atoms with van der Waals surface area (Å²) in [5.41, 5.74) is 7.95. The molecule has 1 heterocycles. The fraction of sp³-hybridized carbons (Fsp3) is 0.471. The van der Waals surface area contributed by atoms with Gasteiger partial charge in [0.1, 0.15) is 0 Å². The zero-order chi connectivity index (χ0) is 15.2. The zero-order valence-corrected chi connectivity index (χ0v) is 12.6. The number of amides is 1. The van der Waals surface area contributed by atoms with E-state index in [1.165, 1.54) is 0 Å². The Morgan fingerprint density at radius 3 is 3.00 bits per heavy atom. The molecule has 0 aliphatic carbocycles. The highest BCUT2D eigenvalue weighted by atomic mass is 16.5. The molecular formula is C17H22N2O2. The first-order valence-electron chi connectivity index (χ1n) is 7.32. The van der Waals surface area contributed by atoms with Crippen LogP contribution in [0.15, 0.2) is 18.2 Å². The summed E-state index contributed by atoms with van der Waals surface area (Å²) in [4.78, 5) is 12.3. The predicted molar refractivity (Wildman–Crippen MR) is 83.0 cm³/mol. The van der Waals surface area contributed by atoms with Gasteiger partial charge in [-0.2, -0.15) is 0 Å². The molecule has 1 amide bonds. The SMILES string of the molecule is Cc1cc(C(=O)NC2CCOC(C)C2)ccc1C#CCN. The molecule has 0 saturated carbocycles. The van der Waals surface area contributed by atoms with E-state index in [2.05, 4.69) is 17.2 Å². The molecule has 0 radical (unpaired) electrons. The number of aryl methyl sites for hydroxylation is 1. The molecule has 0 aromatic heterocycles. The second-order valence-corrected chi connectivity index (χ2v) is 5.41. The minimum absolute atomic E-state index is 0.0319. The van der Waals surface area contributed by atoms with Gasteiger partial charge >= 0.3 is 0 Å². The molecule has 2 atom stereocenters. The molecule has 1 aromatic carbocycles. The number of ether oxygens (including phenoxy) is 1. The van der Waals surface area contributed by atoms with Crippen LogP contribution in [0, 0.1) is 18.8 Å². The van der Waals surface area contributed by atoms with Crippen LogP contribution in [-0.2, 0) is 4.74 Å². The molecule has 4 heteroatoms. The van der Waals surface area contributed by atoms with Gasteiger partial charge < -0.3 is 15.8 Å². The Bertz CT molecular complexity index is 572. The molecule has 1 fully saturated rings. The summed E-state index contributed by atoms with van der Waals surface area (Å²) in [5, 5.41) is 3.08. The normalized spacial score (nSPS) is 21.3. The fourth-order valence-electron chi connectivity index (χ4n) is 2.49. The largest absolute Gasteiger partial charge is 0.378 e. The van der Waals surface area contributed by atoms with Gasteiger partial charge in [-0.15, -0.1) is 0 Å². The quantitative estimate of drug-likeness (QED) is 0.812. The van der Waals surface area contributed by atoms with Crippen LogP contribution in [0.2, 0.25) is 0 Å². The number of hydrogen-bond acceptors (Lipinski definition) is 3. The van der Waals surface area contributed by atoms with Crippen molar-refractivity contribution in [3.05, 3.63) is 34.9 Å². The van der Waals surface area contributed by atoms with Crippen molar-refractivity contribution in [2.75, 3.05) is 13.2 Å². The number of hydrogen-bond donors (Lipinski definition) is 2. The average Bonchev–Trinajstić information content (AvgIpc) is 2.46. The van der Waals surface area contributed by atoms with Gasteiger partial charge in [-0.05, 0) is 50.5 Å². The van der Waals surface area contributed by atoms with Crippen LogP contribution in [-0.4, -0.2) is 31.2 Å². The van der Waals surface area contributed by atoms with E-state index in [1.54, 1.807) is 0 Å². The van der Waals surface area contributed by atoms with Gasteiger partial charge in [0.05, 0.1) is 12.6 Å². The van der Waals surface area contributed by atoms with Crippen LogP contribution in [0.5, 0.6) is 0 Å². The second kappa shape index (κ2) is 7.26. The van der Waals surface area contributed by atoms with Gasteiger partial charge in [0.2, 0.25) is 0 Å². The molecule has 2 rings (SSSR count). The third-order valence-electron chi connectivity index (χ3n) is 3.63. The highest BCUT2D eigenvalue weighted by Gasteiger charge is 2.21. The van der Waals surface area contributed by atoms with Crippen LogP contribution < -0.4 is 11.1 Å². The third-order valence-corrected chi connectivity index (χ3v) is 3.63. The molecule has 0 bridgehead atoms. The van der Waals surface area contributed by atoms with Crippen molar-refractivity contribution in [3.63, 3.8) is 0 Å². The van der Waals surface area contributed by atoms with E-state index in [-0.39, 0.29) is 18.1 Å². The van der Waals surface area contributed by atoms with E-state index >= 15 is 0 Å². The maximum absolute atomic E-state index is 12.3. The Hall–Kier alpha value is -1.83. The molecule has 2 unspecified atom stereocenters. The lowest BCUT2D eigenvalue weighted by Crippen LogP contribution is -2.41. The van der Waals surface area contributed by atoms with Crippen molar-refractivity contribution < 1.29 is 9.53 Å². The molecule has 21 heavy (non-hydrogen) atoms. The first-order chi connectivity index (χ1) is 10.1. The summed E-state index contributed by atoms with van der Waals surface area (Å²) in [5.74, 6) is 5.80. The summed E-state index contributed by atoms with van der Waals surface area (Å²) < 4.78 is 5.49. The number of nitrogens with one attached hydrogen (secondary N) is 1. The highest BCUT2D eigenvalue weighted by Crippen LogP contribution is 2.15. The molecule has 1 aromatic rings. The van der Waals surface area contributed by atoms with Crippen molar-refractivity contribution in [2.24, 2.45) is 5.73 Å². The number of benzene rings is 1. The van der Waals surface area contributed by atoms with E-state index < -0.39 is 0 Å². The Labute approximate surface area is 126 Å². The van der Waals surface area contributed by atoms with Crippen molar-refractivity contribution in [2.45, 2.75) is 38.8 Å². The van der Waals surface area contributed by atoms with Gasteiger partial charge in [0.15, 0.2) is 0 Å². The molecule has 112 valence electrons. The molecule has 4 nitrogen and oxygen atoms in total. The fourth-order valence-corrected chi connectivity index (χ4v) is 2.49. The number of rotatable bonds is 2. The Balaban J connectivity index is 2.04. The maximum Gasteiger partial charge on any atom is 0.251 e. The standard InChI is InChI=1S/C17H22N2O2/c1-12-10-15(6-5-14(12)4-3-8-18)17(20)19-16-7-9-21-13(2)11-16/h5-6,10,13,16H,7-9,11,18H2,1-2H3,(H,19,20). The summed E-state index contributed by atoms with van der Waals surface area (Å²) in [6, 6.07) is 5.75. The number of carbonyl (C=O) groups is 1. The van der Waals surface area contributed by atoms with Gasteiger partial charge in [-0.3, -0.25) is 4.79 Å². The van der Waals surface area contributed by atoms with Crippen molar-refractivity contribution in [1.82, 2.24) is 5.32 Å². The summed E-state index contributed by atoms with van der Waals surface area (Å²) in [7, 11) is 0. The second-order valence-electron chi connectivity index (χ2n) is 5.41. The van der Waals surface area contributed by atoms with E-state index in [0.29, 0.717) is 18.7 Å². The number of carbonyl (C=O) groups excluding carboxylic acids is 1. The molecule has 1 aliphatic heterocycles. The first-order valence-corrected chi connectivity index (χ1v) is 7.32. The zero-order valence-electron chi connectivity index (χ0n) is 12.6. The first kappa shape index (κ1) is 15.6. The van der Waals surface area contributed by atoms with Crippen LogP contribution in [0.25, 0.3) is 0 Å². The lowest BCUT2D eigenvalue weighted by atomic mass is 10.0. The number of nitrogens with two attached hydrogens (primary N) is 1. The Morgan fingerprint density at radius 2 is 2.33 bits per heavy atom.